The number of sulfonamides is 1. The highest BCUT2D eigenvalue weighted by atomic mass is 32.2. The second-order valence-corrected chi connectivity index (χ2v) is 7.71. The van der Waals surface area contributed by atoms with E-state index >= 15 is 0 Å². The maximum absolute atomic E-state index is 12.9. The summed E-state index contributed by atoms with van der Waals surface area (Å²) in [7, 11) is -3.75. The van der Waals surface area contributed by atoms with Crippen LogP contribution in [0.5, 0.6) is 11.5 Å². The first-order valence-corrected chi connectivity index (χ1v) is 9.94. The predicted molar refractivity (Wildman–Crippen MR) is 108 cm³/mol. The minimum absolute atomic E-state index is 0.204. The molecule has 0 bridgehead atoms. The Hall–Kier alpha value is -3.31. The van der Waals surface area contributed by atoms with E-state index in [0.29, 0.717) is 17.2 Å². The Labute approximate surface area is 158 Å². The lowest BCUT2D eigenvalue weighted by Crippen LogP contribution is -2.13. The number of rotatable bonds is 5. The van der Waals surface area contributed by atoms with Crippen LogP contribution >= 0.6 is 0 Å². The number of nitrogens with one attached hydrogen (secondary N) is 1. The van der Waals surface area contributed by atoms with E-state index in [1.165, 1.54) is 0 Å². The molecule has 5 heteroatoms. The van der Waals surface area contributed by atoms with E-state index in [2.05, 4.69) is 4.72 Å². The molecular weight excluding hydrogens is 358 g/mol. The first-order chi connectivity index (χ1) is 13.1. The zero-order chi connectivity index (χ0) is 18.7. The van der Waals surface area contributed by atoms with Gasteiger partial charge in [-0.1, -0.05) is 60.7 Å². The molecule has 0 heterocycles. The standard InChI is InChI=1S/C22H17NO3S/c24-27(25,20-15-14-17-8-4-5-9-18(17)16-20)23-21-12-6-7-13-22(21)26-19-10-2-1-3-11-19/h1-16,23H. The van der Waals surface area contributed by atoms with Gasteiger partial charge in [0.2, 0.25) is 0 Å². The van der Waals surface area contributed by atoms with Gasteiger partial charge in [0, 0.05) is 0 Å². The van der Waals surface area contributed by atoms with Crippen LogP contribution in [0.3, 0.4) is 0 Å². The highest BCUT2D eigenvalue weighted by molar-refractivity contribution is 7.92. The zero-order valence-electron chi connectivity index (χ0n) is 14.4. The fraction of sp³-hybridized carbons (Fsp3) is 0. The van der Waals surface area contributed by atoms with Crippen LogP contribution in [0.2, 0.25) is 0 Å². The lowest BCUT2D eigenvalue weighted by Gasteiger charge is -2.13. The average Bonchev–Trinajstić information content (AvgIpc) is 2.70. The van der Waals surface area contributed by atoms with Crippen LogP contribution in [0.15, 0.2) is 102 Å². The van der Waals surface area contributed by atoms with Crippen molar-refractivity contribution >= 4 is 26.5 Å². The van der Waals surface area contributed by atoms with E-state index in [9.17, 15) is 8.42 Å². The molecule has 4 rings (SSSR count). The van der Waals surface area contributed by atoms with Crippen molar-refractivity contribution in [3.8, 4) is 11.5 Å². The van der Waals surface area contributed by atoms with Crippen LogP contribution in [-0.4, -0.2) is 8.42 Å². The maximum Gasteiger partial charge on any atom is 0.262 e. The van der Waals surface area contributed by atoms with Gasteiger partial charge < -0.3 is 4.74 Å². The molecule has 0 saturated heterocycles. The van der Waals surface area contributed by atoms with Gasteiger partial charge in [-0.05, 0) is 47.2 Å². The summed E-state index contributed by atoms with van der Waals surface area (Å²) in [6.45, 7) is 0. The average molecular weight is 375 g/mol. The largest absolute Gasteiger partial charge is 0.455 e. The van der Waals surface area contributed by atoms with E-state index in [0.717, 1.165) is 10.8 Å². The predicted octanol–water partition coefficient (Wildman–Crippen LogP) is 5.43. The van der Waals surface area contributed by atoms with Gasteiger partial charge in [-0.3, -0.25) is 4.72 Å². The summed E-state index contributed by atoms with van der Waals surface area (Å²) in [5, 5.41) is 1.86. The van der Waals surface area contributed by atoms with Crippen LogP contribution in [0.1, 0.15) is 0 Å². The SMILES string of the molecule is O=S(=O)(Nc1ccccc1Oc1ccccc1)c1ccc2ccccc2c1. The fourth-order valence-corrected chi connectivity index (χ4v) is 3.90. The van der Waals surface area contributed by atoms with Crippen LogP contribution in [0, 0.1) is 0 Å². The van der Waals surface area contributed by atoms with Gasteiger partial charge in [0.25, 0.3) is 10.0 Å². The molecule has 0 aliphatic rings. The Balaban J connectivity index is 1.66. The molecule has 0 radical (unpaired) electrons. The number of para-hydroxylation sites is 3. The second kappa shape index (κ2) is 7.13. The molecule has 0 aromatic heterocycles. The lowest BCUT2D eigenvalue weighted by molar-refractivity contribution is 0.485. The number of benzene rings is 4. The van der Waals surface area contributed by atoms with Crippen molar-refractivity contribution in [2.24, 2.45) is 0 Å². The highest BCUT2D eigenvalue weighted by Gasteiger charge is 2.17. The Morgan fingerprint density at radius 3 is 2.15 bits per heavy atom. The summed E-state index contributed by atoms with van der Waals surface area (Å²) in [5.74, 6) is 1.07. The smallest absolute Gasteiger partial charge is 0.262 e. The Kier molecular flexibility index (Phi) is 4.52. The summed E-state index contributed by atoms with van der Waals surface area (Å²) < 4.78 is 34.2. The maximum atomic E-state index is 12.9. The van der Waals surface area contributed by atoms with Gasteiger partial charge in [0.15, 0.2) is 5.75 Å². The summed E-state index contributed by atoms with van der Waals surface area (Å²) in [4.78, 5) is 0.204. The van der Waals surface area contributed by atoms with Crippen molar-refractivity contribution < 1.29 is 13.2 Å². The minimum Gasteiger partial charge on any atom is -0.455 e. The molecule has 0 spiro atoms. The van der Waals surface area contributed by atoms with E-state index in [1.54, 1.807) is 42.5 Å². The third kappa shape index (κ3) is 3.78. The van der Waals surface area contributed by atoms with Crippen LogP contribution in [-0.2, 0) is 10.0 Å². The first kappa shape index (κ1) is 17.1. The Morgan fingerprint density at radius 1 is 0.667 bits per heavy atom. The van der Waals surface area contributed by atoms with Gasteiger partial charge in [-0.25, -0.2) is 8.42 Å². The third-order valence-corrected chi connectivity index (χ3v) is 5.50. The Bertz CT molecular complexity index is 1190. The minimum atomic E-state index is -3.75. The summed E-state index contributed by atoms with van der Waals surface area (Å²) in [6, 6.07) is 28.9. The van der Waals surface area contributed by atoms with Crippen molar-refractivity contribution in [1.29, 1.82) is 0 Å². The normalized spacial score (nSPS) is 11.3. The summed E-state index contributed by atoms with van der Waals surface area (Å²) >= 11 is 0. The molecule has 0 saturated carbocycles. The first-order valence-electron chi connectivity index (χ1n) is 8.45. The Morgan fingerprint density at radius 2 is 1.33 bits per heavy atom. The van der Waals surface area contributed by atoms with Crippen molar-refractivity contribution in [2.75, 3.05) is 4.72 Å². The molecule has 4 aromatic carbocycles. The van der Waals surface area contributed by atoms with E-state index in [4.69, 9.17) is 4.74 Å². The van der Waals surface area contributed by atoms with Crippen molar-refractivity contribution in [1.82, 2.24) is 0 Å². The van der Waals surface area contributed by atoms with Gasteiger partial charge in [0.1, 0.15) is 5.75 Å². The third-order valence-electron chi connectivity index (χ3n) is 4.13. The molecule has 0 fully saturated rings. The zero-order valence-corrected chi connectivity index (χ0v) is 15.2. The number of hydrogen-bond acceptors (Lipinski definition) is 3. The van der Waals surface area contributed by atoms with Gasteiger partial charge in [-0.2, -0.15) is 0 Å². The topological polar surface area (TPSA) is 55.4 Å². The highest BCUT2D eigenvalue weighted by Crippen LogP contribution is 2.31. The van der Waals surface area contributed by atoms with Crippen molar-refractivity contribution in [2.45, 2.75) is 4.90 Å². The van der Waals surface area contributed by atoms with Crippen LogP contribution in [0.4, 0.5) is 5.69 Å². The molecule has 27 heavy (non-hydrogen) atoms. The van der Waals surface area contributed by atoms with Crippen LogP contribution < -0.4 is 9.46 Å². The molecule has 0 amide bonds. The fourth-order valence-electron chi connectivity index (χ4n) is 2.79. The van der Waals surface area contributed by atoms with Gasteiger partial charge >= 0.3 is 0 Å². The van der Waals surface area contributed by atoms with E-state index in [1.807, 2.05) is 54.6 Å². The van der Waals surface area contributed by atoms with Crippen LogP contribution in [0.25, 0.3) is 10.8 Å². The van der Waals surface area contributed by atoms with Gasteiger partial charge in [0.05, 0.1) is 10.6 Å². The van der Waals surface area contributed by atoms with E-state index in [-0.39, 0.29) is 4.90 Å². The quantitative estimate of drug-likeness (QED) is 0.506. The van der Waals surface area contributed by atoms with Gasteiger partial charge in [-0.15, -0.1) is 0 Å². The molecule has 0 aliphatic heterocycles. The molecule has 1 N–H and O–H groups in total. The molecule has 0 aliphatic carbocycles. The molecule has 0 atom stereocenters. The molecule has 134 valence electrons. The number of hydrogen-bond donors (Lipinski definition) is 1. The summed E-state index contributed by atoms with van der Waals surface area (Å²) in [6.07, 6.45) is 0. The number of fused-ring (bicyclic) bond motifs is 1. The second-order valence-electron chi connectivity index (χ2n) is 6.03. The molecule has 4 aromatic rings. The molecular formula is C22H17NO3S. The van der Waals surface area contributed by atoms with Crippen molar-refractivity contribution in [3.05, 3.63) is 97.1 Å². The number of ether oxygens (including phenoxy) is 1. The monoisotopic (exact) mass is 375 g/mol. The lowest BCUT2D eigenvalue weighted by atomic mass is 10.1. The number of anilines is 1. The molecule has 0 unspecified atom stereocenters. The van der Waals surface area contributed by atoms with Crippen molar-refractivity contribution in [3.63, 3.8) is 0 Å². The molecule has 4 nitrogen and oxygen atoms in total. The van der Waals surface area contributed by atoms with E-state index < -0.39 is 10.0 Å². The summed E-state index contributed by atoms with van der Waals surface area (Å²) in [5.41, 5.74) is 0.384.